The van der Waals surface area contributed by atoms with Gasteiger partial charge in [-0.05, 0) is 37.3 Å². The highest BCUT2D eigenvalue weighted by atomic mass is 15.0. The Hall–Kier alpha value is -2.74. The molecule has 1 aromatic heterocycles. The highest BCUT2D eigenvalue weighted by Crippen LogP contribution is 2.31. The minimum absolute atomic E-state index is 0.777. The fraction of sp³-hybridized carbons (Fsp3) is 0.100. The molecule has 0 atom stereocenters. The first-order valence-electron chi connectivity index (χ1n) is 7.48. The van der Waals surface area contributed by atoms with Gasteiger partial charge in [-0.2, -0.15) is 0 Å². The predicted octanol–water partition coefficient (Wildman–Crippen LogP) is 4.97. The second-order valence-electron chi connectivity index (χ2n) is 5.30. The van der Waals surface area contributed by atoms with Gasteiger partial charge in [-0.3, -0.25) is 0 Å². The molecule has 0 fully saturated rings. The fourth-order valence-corrected chi connectivity index (χ4v) is 2.93. The molecule has 0 amide bonds. The van der Waals surface area contributed by atoms with Crippen molar-refractivity contribution in [2.24, 2.45) is 0 Å². The summed E-state index contributed by atoms with van der Waals surface area (Å²) >= 11 is 0. The summed E-state index contributed by atoms with van der Waals surface area (Å²) < 4.78 is 2.30. The number of nitrogens with two attached hydrogens (primary N) is 1. The maximum atomic E-state index is 5.83. The van der Waals surface area contributed by atoms with Crippen molar-refractivity contribution in [1.29, 1.82) is 0 Å². The number of para-hydroxylation sites is 1. The van der Waals surface area contributed by atoms with E-state index >= 15 is 0 Å². The van der Waals surface area contributed by atoms with Gasteiger partial charge in [0, 0.05) is 34.4 Å². The molecule has 3 rings (SSSR count). The molecule has 1 heterocycles. The van der Waals surface area contributed by atoms with Crippen LogP contribution in [-0.2, 0) is 6.42 Å². The predicted molar refractivity (Wildman–Crippen MR) is 96.3 cm³/mol. The molecule has 22 heavy (non-hydrogen) atoms. The minimum atomic E-state index is 0.777. The van der Waals surface area contributed by atoms with Crippen molar-refractivity contribution in [3.63, 3.8) is 0 Å². The van der Waals surface area contributed by atoms with Gasteiger partial charge < -0.3 is 10.3 Å². The average molecular weight is 288 g/mol. The second kappa shape index (κ2) is 5.94. The van der Waals surface area contributed by atoms with E-state index in [0.717, 1.165) is 17.8 Å². The monoisotopic (exact) mass is 288 g/mol. The standard InChI is InChI=1S/C20H20N2/c1-3-7-17-18-9-5-6-10-20(18)22(19(17)8-4-2)16-13-11-15(21)12-14-16/h3-7,9-14H,2,8,21H2,1H3/b7-3-. The summed E-state index contributed by atoms with van der Waals surface area (Å²) in [5.41, 5.74) is 11.4. The van der Waals surface area contributed by atoms with Crippen molar-refractivity contribution in [1.82, 2.24) is 4.57 Å². The molecule has 0 saturated carbocycles. The topological polar surface area (TPSA) is 30.9 Å². The Morgan fingerprint density at radius 3 is 2.50 bits per heavy atom. The quantitative estimate of drug-likeness (QED) is 0.533. The molecule has 0 spiro atoms. The van der Waals surface area contributed by atoms with Crippen LogP contribution < -0.4 is 5.73 Å². The Morgan fingerprint density at radius 1 is 1.09 bits per heavy atom. The normalized spacial score (nSPS) is 11.3. The average Bonchev–Trinajstić information content (AvgIpc) is 2.83. The van der Waals surface area contributed by atoms with Crippen LogP contribution >= 0.6 is 0 Å². The van der Waals surface area contributed by atoms with Gasteiger partial charge in [0.1, 0.15) is 0 Å². The van der Waals surface area contributed by atoms with Crippen molar-refractivity contribution in [2.75, 3.05) is 5.73 Å². The smallest absolute Gasteiger partial charge is 0.0537 e. The first-order chi connectivity index (χ1) is 10.8. The summed E-state index contributed by atoms with van der Waals surface area (Å²) in [6, 6.07) is 16.5. The second-order valence-corrected chi connectivity index (χ2v) is 5.30. The van der Waals surface area contributed by atoms with Crippen LogP contribution in [-0.4, -0.2) is 4.57 Å². The number of rotatable bonds is 4. The lowest BCUT2D eigenvalue weighted by Gasteiger charge is -2.11. The summed E-state index contributed by atoms with van der Waals surface area (Å²) in [5.74, 6) is 0. The van der Waals surface area contributed by atoms with E-state index in [9.17, 15) is 0 Å². The maximum Gasteiger partial charge on any atom is 0.0537 e. The molecule has 110 valence electrons. The van der Waals surface area contributed by atoms with Gasteiger partial charge in [-0.25, -0.2) is 0 Å². The molecule has 0 aliphatic heterocycles. The molecule has 0 bridgehead atoms. The van der Waals surface area contributed by atoms with E-state index in [1.807, 2.05) is 25.1 Å². The molecule has 2 heteroatoms. The highest BCUT2D eigenvalue weighted by Gasteiger charge is 2.15. The zero-order valence-corrected chi connectivity index (χ0v) is 12.8. The molecule has 3 aromatic rings. The van der Waals surface area contributed by atoms with E-state index < -0.39 is 0 Å². The lowest BCUT2D eigenvalue weighted by Crippen LogP contribution is -2.00. The van der Waals surface area contributed by atoms with E-state index in [2.05, 4.69) is 59.7 Å². The minimum Gasteiger partial charge on any atom is -0.399 e. The van der Waals surface area contributed by atoms with Crippen LogP contribution in [0.15, 0.2) is 67.3 Å². The first kappa shape index (κ1) is 14.2. The highest BCUT2D eigenvalue weighted by molar-refractivity contribution is 5.92. The first-order valence-corrected chi connectivity index (χ1v) is 7.48. The lowest BCUT2D eigenvalue weighted by atomic mass is 10.1. The van der Waals surface area contributed by atoms with E-state index in [1.165, 1.54) is 22.2 Å². The number of aromatic nitrogens is 1. The van der Waals surface area contributed by atoms with Crippen LogP contribution in [0.1, 0.15) is 18.2 Å². The summed E-state index contributed by atoms with van der Waals surface area (Å²) in [7, 11) is 0. The van der Waals surface area contributed by atoms with Gasteiger partial charge in [-0.1, -0.05) is 36.4 Å². The zero-order valence-electron chi connectivity index (χ0n) is 12.8. The van der Waals surface area contributed by atoms with Gasteiger partial charge in [0.05, 0.1) is 5.52 Å². The van der Waals surface area contributed by atoms with E-state index in [0.29, 0.717) is 0 Å². The maximum absolute atomic E-state index is 5.83. The van der Waals surface area contributed by atoms with Gasteiger partial charge in [0.2, 0.25) is 0 Å². The Kier molecular flexibility index (Phi) is 3.84. The number of anilines is 1. The number of benzene rings is 2. The Balaban J connectivity index is 2.38. The van der Waals surface area contributed by atoms with Crippen molar-refractivity contribution >= 4 is 22.7 Å². The molecule has 2 nitrogen and oxygen atoms in total. The van der Waals surface area contributed by atoms with Gasteiger partial charge >= 0.3 is 0 Å². The summed E-state index contributed by atoms with van der Waals surface area (Å²) in [6.07, 6.45) is 7.03. The lowest BCUT2D eigenvalue weighted by molar-refractivity contribution is 1.00. The van der Waals surface area contributed by atoms with Crippen LogP contribution in [0.2, 0.25) is 0 Å². The van der Waals surface area contributed by atoms with Gasteiger partial charge in [-0.15, -0.1) is 6.58 Å². The van der Waals surface area contributed by atoms with Crippen molar-refractivity contribution in [2.45, 2.75) is 13.3 Å². The third-order valence-corrected chi connectivity index (χ3v) is 3.84. The van der Waals surface area contributed by atoms with Crippen molar-refractivity contribution < 1.29 is 0 Å². The van der Waals surface area contributed by atoms with Crippen molar-refractivity contribution in [3.8, 4) is 5.69 Å². The molecule has 2 aromatic carbocycles. The van der Waals surface area contributed by atoms with Crippen LogP contribution in [0.4, 0.5) is 5.69 Å². The summed E-state index contributed by atoms with van der Waals surface area (Å²) in [5, 5.41) is 1.26. The zero-order chi connectivity index (χ0) is 15.5. The van der Waals surface area contributed by atoms with Gasteiger partial charge in [0.25, 0.3) is 0 Å². The largest absolute Gasteiger partial charge is 0.399 e. The number of nitrogen functional groups attached to an aromatic ring is 1. The van der Waals surface area contributed by atoms with Crippen LogP contribution in [0.3, 0.4) is 0 Å². The van der Waals surface area contributed by atoms with Gasteiger partial charge in [0.15, 0.2) is 0 Å². The molecule has 0 aliphatic carbocycles. The number of hydrogen-bond acceptors (Lipinski definition) is 1. The van der Waals surface area contributed by atoms with Crippen LogP contribution in [0.5, 0.6) is 0 Å². The van der Waals surface area contributed by atoms with E-state index in [4.69, 9.17) is 5.73 Å². The Labute approximate surface area is 131 Å². The summed E-state index contributed by atoms with van der Waals surface area (Å²) in [6.45, 7) is 5.97. The SMILES string of the molecule is C=CCc1c(/C=C\C)c2ccccc2n1-c1ccc(N)cc1. The molecular weight excluding hydrogens is 268 g/mol. The van der Waals surface area contributed by atoms with E-state index in [-0.39, 0.29) is 0 Å². The third kappa shape index (κ3) is 2.33. The Morgan fingerprint density at radius 2 is 1.82 bits per heavy atom. The number of allylic oxidation sites excluding steroid dienone is 2. The molecule has 0 saturated heterocycles. The third-order valence-electron chi connectivity index (χ3n) is 3.84. The van der Waals surface area contributed by atoms with Crippen LogP contribution in [0.25, 0.3) is 22.7 Å². The number of fused-ring (bicyclic) bond motifs is 1. The molecule has 0 radical (unpaired) electrons. The van der Waals surface area contributed by atoms with Crippen molar-refractivity contribution in [3.05, 3.63) is 78.5 Å². The molecule has 2 N–H and O–H groups in total. The molecule has 0 aliphatic rings. The summed E-state index contributed by atoms with van der Waals surface area (Å²) in [4.78, 5) is 0. The van der Waals surface area contributed by atoms with E-state index in [1.54, 1.807) is 0 Å². The number of nitrogens with zero attached hydrogens (tertiary/aromatic N) is 1. The fourth-order valence-electron chi connectivity index (χ4n) is 2.93. The molecule has 0 unspecified atom stereocenters. The molecular formula is C20H20N2. The van der Waals surface area contributed by atoms with Crippen LogP contribution in [0, 0.1) is 0 Å². The number of hydrogen-bond donors (Lipinski definition) is 1. The Bertz CT molecular complexity index is 836.